The highest BCUT2D eigenvalue weighted by atomic mass is 32.2. The number of aryl methyl sites for hydroxylation is 1. The van der Waals surface area contributed by atoms with Gasteiger partial charge in [-0.25, -0.2) is 4.79 Å². The normalized spacial score (nSPS) is 13.0. The molecule has 0 saturated heterocycles. The molecule has 7 nitrogen and oxygen atoms in total. The molecule has 0 radical (unpaired) electrons. The molecule has 0 heterocycles. The highest BCUT2D eigenvalue weighted by Crippen LogP contribution is 2.28. The van der Waals surface area contributed by atoms with E-state index in [1.54, 1.807) is 37.4 Å². The summed E-state index contributed by atoms with van der Waals surface area (Å²) in [7, 11) is 0. The quantitative estimate of drug-likeness (QED) is 0.272. The van der Waals surface area contributed by atoms with Crippen molar-refractivity contribution in [1.29, 1.82) is 0 Å². The van der Waals surface area contributed by atoms with Gasteiger partial charge in [0, 0.05) is 13.1 Å². The minimum absolute atomic E-state index is 0.187. The molecule has 2 atom stereocenters. The predicted molar refractivity (Wildman–Crippen MR) is 154 cm³/mol. The van der Waals surface area contributed by atoms with Crippen LogP contribution in [0.3, 0.4) is 0 Å². The molecule has 37 heavy (non-hydrogen) atoms. The summed E-state index contributed by atoms with van der Waals surface area (Å²) in [6, 6.07) is 4.31. The average Bonchev–Trinajstić information content (AvgIpc) is 2.82. The van der Waals surface area contributed by atoms with Crippen molar-refractivity contribution in [3.05, 3.63) is 34.9 Å². The first-order valence-electron chi connectivity index (χ1n) is 13.6. The first-order valence-corrected chi connectivity index (χ1v) is 15.0. The summed E-state index contributed by atoms with van der Waals surface area (Å²) in [4.78, 5) is 42.2. The number of amides is 3. The Labute approximate surface area is 228 Å². The van der Waals surface area contributed by atoms with E-state index in [4.69, 9.17) is 4.74 Å². The molecule has 2 N–H and O–H groups in total. The molecule has 0 aliphatic carbocycles. The summed E-state index contributed by atoms with van der Waals surface area (Å²) in [5.74, 6) is 0.242. The van der Waals surface area contributed by atoms with Gasteiger partial charge in [0.15, 0.2) is 0 Å². The Morgan fingerprint density at radius 1 is 1.05 bits per heavy atom. The van der Waals surface area contributed by atoms with Crippen LogP contribution in [0.4, 0.5) is 4.79 Å². The number of hydrogen-bond acceptors (Lipinski definition) is 5. The van der Waals surface area contributed by atoms with Crippen LogP contribution < -0.4 is 10.6 Å². The SMILES string of the molecule is CCCCCN(C(=O)C(CCSC)NC(=O)OC(C)(C)C)C(C(=O)NCCCC)c1cccc(C)c1C. The molecule has 1 aromatic carbocycles. The minimum Gasteiger partial charge on any atom is -0.444 e. The summed E-state index contributed by atoms with van der Waals surface area (Å²) >= 11 is 1.61. The molecular weight excluding hydrogens is 486 g/mol. The molecule has 0 aliphatic heterocycles. The lowest BCUT2D eigenvalue weighted by atomic mass is 9.94. The Kier molecular flexibility index (Phi) is 14.7. The van der Waals surface area contributed by atoms with Crippen LogP contribution in [0.15, 0.2) is 18.2 Å². The maximum absolute atomic E-state index is 14.2. The van der Waals surface area contributed by atoms with Gasteiger partial charge >= 0.3 is 6.09 Å². The molecule has 2 unspecified atom stereocenters. The molecular formula is C29H49N3O4S. The highest BCUT2D eigenvalue weighted by Gasteiger charge is 2.36. The predicted octanol–water partition coefficient (Wildman–Crippen LogP) is 5.93. The van der Waals surface area contributed by atoms with Crippen LogP contribution in [0, 0.1) is 13.8 Å². The standard InChI is InChI=1S/C29H49N3O4S/c1-9-11-13-19-32(27(34)24(17-20-37-8)31-28(35)36-29(5,6)7)25(26(33)30-18-12-10-2)23-16-14-15-21(3)22(23)4/h14-16,24-25H,9-13,17-20H2,1-8H3,(H,30,33)(H,31,35). The topological polar surface area (TPSA) is 87.7 Å². The molecule has 0 saturated carbocycles. The van der Waals surface area contributed by atoms with Crippen molar-refractivity contribution < 1.29 is 19.1 Å². The second kappa shape index (κ2) is 16.6. The first-order chi connectivity index (χ1) is 17.5. The fourth-order valence-electron chi connectivity index (χ4n) is 4.05. The van der Waals surface area contributed by atoms with E-state index in [1.807, 2.05) is 38.3 Å². The molecule has 3 amide bonds. The zero-order chi connectivity index (χ0) is 28.0. The number of benzene rings is 1. The Bertz CT molecular complexity index is 869. The Balaban J connectivity index is 3.50. The molecule has 0 aromatic heterocycles. The molecule has 210 valence electrons. The molecule has 0 spiro atoms. The van der Waals surface area contributed by atoms with Gasteiger partial charge in [-0.15, -0.1) is 0 Å². The number of thioether (sulfide) groups is 1. The fraction of sp³-hybridized carbons (Fsp3) is 0.690. The van der Waals surface area contributed by atoms with Crippen molar-refractivity contribution in [2.45, 2.75) is 105 Å². The van der Waals surface area contributed by atoms with E-state index in [-0.39, 0.29) is 11.8 Å². The average molecular weight is 536 g/mol. The third-order valence-electron chi connectivity index (χ3n) is 6.22. The third-order valence-corrected chi connectivity index (χ3v) is 6.86. The van der Waals surface area contributed by atoms with Crippen LogP contribution >= 0.6 is 11.8 Å². The number of carbonyl (C=O) groups is 3. The maximum atomic E-state index is 14.2. The molecule has 1 aromatic rings. The molecule has 8 heteroatoms. The lowest BCUT2D eigenvalue weighted by Gasteiger charge is -2.35. The maximum Gasteiger partial charge on any atom is 0.408 e. The summed E-state index contributed by atoms with van der Waals surface area (Å²) in [6.45, 7) is 14.6. The lowest BCUT2D eigenvalue weighted by molar-refractivity contribution is -0.142. The number of ether oxygens (including phenoxy) is 1. The number of unbranched alkanes of at least 4 members (excludes halogenated alkanes) is 3. The second-order valence-corrected chi connectivity index (χ2v) is 11.5. The van der Waals surface area contributed by atoms with Crippen LogP contribution in [0.25, 0.3) is 0 Å². The minimum atomic E-state index is -0.792. The van der Waals surface area contributed by atoms with E-state index in [2.05, 4.69) is 24.5 Å². The van der Waals surface area contributed by atoms with Gasteiger partial charge in [-0.1, -0.05) is 51.3 Å². The summed E-state index contributed by atoms with van der Waals surface area (Å²) in [6.07, 6.45) is 6.31. The van der Waals surface area contributed by atoms with Crippen molar-refractivity contribution in [2.75, 3.05) is 25.1 Å². The smallest absolute Gasteiger partial charge is 0.408 e. The van der Waals surface area contributed by atoms with Crippen molar-refractivity contribution in [2.24, 2.45) is 0 Å². The van der Waals surface area contributed by atoms with Gasteiger partial charge in [0.2, 0.25) is 11.8 Å². The molecule has 1 rings (SSSR count). The number of nitrogens with zero attached hydrogens (tertiary/aromatic N) is 1. The zero-order valence-corrected chi connectivity index (χ0v) is 25.1. The number of nitrogens with one attached hydrogen (secondary N) is 2. The van der Waals surface area contributed by atoms with Crippen LogP contribution in [-0.2, 0) is 14.3 Å². The van der Waals surface area contributed by atoms with E-state index in [0.29, 0.717) is 25.3 Å². The van der Waals surface area contributed by atoms with Gasteiger partial charge < -0.3 is 20.3 Å². The summed E-state index contributed by atoms with van der Waals surface area (Å²) in [5, 5.41) is 5.86. The highest BCUT2D eigenvalue weighted by molar-refractivity contribution is 7.98. The zero-order valence-electron chi connectivity index (χ0n) is 24.2. The number of rotatable bonds is 15. The van der Waals surface area contributed by atoms with Gasteiger partial charge in [0.1, 0.15) is 17.7 Å². The lowest BCUT2D eigenvalue weighted by Crippen LogP contribution is -2.53. The Morgan fingerprint density at radius 3 is 2.32 bits per heavy atom. The Hall–Kier alpha value is -2.22. The number of carbonyl (C=O) groups excluding carboxylic acids is 3. The molecule has 0 aliphatic rings. The van der Waals surface area contributed by atoms with Crippen LogP contribution in [0.5, 0.6) is 0 Å². The third kappa shape index (κ3) is 11.4. The number of hydrogen-bond donors (Lipinski definition) is 2. The van der Waals surface area contributed by atoms with Crippen molar-refractivity contribution >= 4 is 29.7 Å². The summed E-state index contributed by atoms with van der Waals surface area (Å²) < 4.78 is 5.46. The van der Waals surface area contributed by atoms with E-state index in [0.717, 1.165) is 48.8 Å². The van der Waals surface area contributed by atoms with E-state index >= 15 is 0 Å². The van der Waals surface area contributed by atoms with Gasteiger partial charge in [-0.05, 0) is 82.6 Å². The summed E-state index contributed by atoms with van der Waals surface area (Å²) in [5.41, 5.74) is 2.20. The van der Waals surface area contributed by atoms with Crippen molar-refractivity contribution in [3.63, 3.8) is 0 Å². The monoisotopic (exact) mass is 535 g/mol. The molecule has 0 fully saturated rings. The number of alkyl carbamates (subject to hydrolysis) is 1. The van der Waals surface area contributed by atoms with Gasteiger partial charge in [0.25, 0.3) is 0 Å². The van der Waals surface area contributed by atoms with Crippen molar-refractivity contribution in [1.82, 2.24) is 15.5 Å². The fourth-order valence-corrected chi connectivity index (χ4v) is 4.52. The Morgan fingerprint density at radius 2 is 1.73 bits per heavy atom. The van der Waals surface area contributed by atoms with Crippen LogP contribution in [0.1, 0.15) is 95.9 Å². The first kappa shape index (κ1) is 32.8. The van der Waals surface area contributed by atoms with E-state index < -0.39 is 23.8 Å². The van der Waals surface area contributed by atoms with Gasteiger partial charge in [0.05, 0.1) is 0 Å². The van der Waals surface area contributed by atoms with Gasteiger partial charge in [-0.2, -0.15) is 11.8 Å². The van der Waals surface area contributed by atoms with Crippen molar-refractivity contribution in [3.8, 4) is 0 Å². The molecule has 0 bridgehead atoms. The van der Waals surface area contributed by atoms with E-state index in [9.17, 15) is 14.4 Å². The van der Waals surface area contributed by atoms with Crippen LogP contribution in [-0.4, -0.2) is 59.5 Å². The van der Waals surface area contributed by atoms with Gasteiger partial charge in [-0.3, -0.25) is 9.59 Å². The van der Waals surface area contributed by atoms with E-state index in [1.165, 1.54) is 0 Å². The largest absolute Gasteiger partial charge is 0.444 e. The van der Waals surface area contributed by atoms with Crippen LogP contribution in [0.2, 0.25) is 0 Å². The second-order valence-electron chi connectivity index (χ2n) is 10.6.